The van der Waals surface area contributed by atoms with Gasteiger partial charge in [0.15, 0.2) is 0 Å². The van der Waals surface area contributed by atoms with Gasteiger partial charge >= 0.3 is 0 Å². The van der Waals surface area contributed by atoms with Crippen LogP contribution < -0.4 is 11.1 Å². The number of carbonyl (C=O) groups is 1. The smallest absolute Gasteiger partial charge is 0.225 e. The van der Waals surface area contributed by atoms with Gasteiger partial charge in [-0.1, -0.05) is 26.2 Å². The fraction of sp³-hybridized carbons (Fsp3) is 0.923. The topological polar surface area (TPSA) is 55.1 Å². The van der Waals surface area contributed by atoms with E-state index < -0.39 is 0 Å². The van der Waals surface area contributed by atoms with Crippen LogP contribution in [0.5, 0.6) is 0 Å². The van der Waals surface area contributed by atoms with E-state index in [0.29, 0.717) is 0 Å². The van der Waals surface area contributed by atoms with Crippen molar-refractivity contribution in [2.75, 3.05) is 0 Å². The van der Waals surface area contributed by atoms with E-state index in [9.17, 15) is 4.79 Å². The molecule has 0 saturated heterocycles. The van der Waals surface area contributed by atoms with Crippen LogP contribution in [0.1, 0.15) is 59.3 Å². The van der Waals surface area contributed by atoms with E-state index >= 15 is 0 Å². The summed E-state index contributed by atoms with van der Waals surface area (Å²) >= 11 is 0. The van der Waals surface area contributed by atoms with E-state index in [-0.39, 0.29) is 23.4 Å². The highest BCUT2D eigenvalue weighted by molar-refractivity contribution is 5.80. The molecule has 0 aromatic heterocycles. The number of hydrogen-bond donors (Lipinski definition) is 2. The summed E-state index contributed by atoms with van der Waals surface area (Å²) < 4.78 is 0. The maximum Gasteiger partial charge on any atom is 0.225 e. The Kier molecular flexibility index (Phi) is 4.78. The van der Waals surface area contributed by atoms with Crippen molar-refractivity contribution in [2.24, 2.45) is 11.7 Å². The first kappa shape index (κ1) is 13.5. The van der Waals surface area contributed by atoms with E-state index in [1.807, 2.05) is 0 Å². The van der Waals surface area contributed by atoms with Crippen molar-refractivity contribution in [3.8, 4) is 0 Å². The standard InChI is InChI=1S/C13H26N2O/c1-4-9-13(2,3)15-12(16)10-7-5-6-8-11(10)14/h10-11H,4-9,14H2,1-3H3,(H,15,16). The Hall–Kier alpha value is -0.570. The second-order valence-electron chi connectivity index (χ2n) is 5.68. The fourth-order valence-corrected chi connectivity index (χ4v) is 2.60. The summed E-state index contributed by atoms with van der Waals surface area (Å²) in [4.78, 5) is 12.1. The molecule has 1 rings (SSSR count). The monoisotopic (exact) mass is 226 g/mol. The molecule has 0 radical (unpaired) electrons. The van der Waals surface area contributed by atoms with Gasteiger partial charge in [-0.25, -0.2) is 0 Å². The van der Waals surface area contributed by atoms with Gasteiger partial charge < -0.3 is 11.1 Å². The van der Waals surface area contributed by atoms with Crippen LogP contribution in [-0.2, 0) is 4.79 Å². The zero-order chi connectivity index (χ0) is 12.2. The number of nitrogens with two attached hydrogens (primary N) is 1. The second-order valence-corrected chi connectivity index (χ2v) is 5.68. The fourth-order valence-electron chi connectivity index (χ4n) is 2.60. The molecule has 1 fully saturated rings. The number of amides is 1. The maximum atomic E-state index is 12.1. The highest BCUT2D eigenvalue weighted by atomic mass is 16.2. The average Bonchev–Trinajstić information content (AvgIpc) is 2.17. The highest BCUT2D eigenvalue weighted by Gasteiger charge is 2.31. The van der Waals surface area contributed by atoms with Crippen molar-refractivity contribution in [1.29, 1.82) is 0 Å². The molecule has 94 valence electrons. The second kappa shape index (κ2) is 5.67. The molecule has 1 aliphatic rings. The molecule has 0 aliphatic heterocycles. The summed E-state index contributed by atoms with van der Waals surface area (Å²) in [5.41, 5.74) is 5.92. The first-order valence-corrected chi connectivity index (χ1v) is 6.54. The van der Waals surface area contributed by atoms with Crippen LogP contribution in [0.15, 0.2) is 0 Å². The predicted molar refractivity (Wildman–Crippen MR) is 67.1 cm³/mol. The van der Waals surface area contributed by atoms with E-state index in [1.165, 1.54) is 6.42 Å². The lowest BCUT2D eigenvalue weighted by Crippen LogP contribution is -2.50. The molecular formula is C13H26N2O. The van der Waals surface area contributed by atoms with Crippen LogP contribution in [0.2, 0.25) is 0 Å². The minimum Gasteiger partial charge on any atom is -0.351 e. The quantitative estimate of drug-likeness (QED) is 0.772. The van der Waals surface area contributed by atoms with Gasteiger partial charge in [0.25, 0.3) is 0 Å². The molecule has 0 bridgehead atoms. The molecule has 2 unspecified atom stereocenters. The van der Waals surface area contributed by atoms with Crippen LogP contribution in [0, 0.1) is 5.92 Å². The third kappa shape index (κ3) is 3.78. The molecule has 1 saturated carbocycles. The Labute approximate surface area is 99.2 Å². The zero-order valence-electron chi connectivity index (χ0n) is 10.9. The van der Waals surface area contributed by atoms with Crippen molar-refractivity contribution in [1.82, 2.24) is 5.32 Å². The van der Waals surface area contributed by atoms with Crippen LogP contribution >= 0.6 is 0 Å². The van der Waals surface area contributed by atoms with E-state index in [4.69, 9.17) is 5.73 Å². The zero-order valence-corrected chi connectivity index (χ0v) is 10.9. The van der Waals surface area contributed by atoms with Crippen LogP contribution in [0.4, 0.5) is 0 Å². The Morgan fingerprint density at radius 1 is 1.38 bits per heavy atom. The summed E-state index contributed by atoms with van der Waals surface area (Å²) in [6.07, 6.45) is 6.36. The molecule has 3 nitrogen and oxygen atoms in total. The van der Waals surface area contributed by atoms with Crippen molar-refractivity contribution >= 4 is 5.91 Å². The van der Waals surface area contributed by atoms with Gasteiger partial charge in [-0.2, -0.15) is 0 Å². The minimum absolute atomic E-state index is 0.0323. The molecule has 3 heteroatoms. The van der Waals surface area contributed by atoms with Crippen LogP contribution in [0.3, 0.4) is 0 Å². The molecule has 0 aromatic carbocycles. The largest absolute Gasteiger partial charge is 0.351 e. The molecule has 1 amide bonds. The molecule has 1 aliphatic carbocycles. The average molecular weight is 226 g/mol. The predicted octanol–water partition coefficient (Wildman–Crippen LogP) is 2.20. The lowest BCUT2D eigenvalue weighted by Gasteiger charge is -2.32. The Morgan fingerprint density at radius 2 is 2.00 bits per heavy atom. The molecular weight excluding hydrogens is 200 g/mol. The van der Waals surface area contributed by atoms with Gasteiger partial charge in [0, 0.05) is 11.6 Å². The van der Waals surface area contributed by atoms with Crippen LogP contribution in [-0.4, -0.2) is 17.5 Å². The first-order valence-electron chi connectivity index (χ1n) is 6.54. The Bertz CT molecular complexity index is 238. The lowest BCUT2D eigenvalue weighted by molar-refractivity contribution is -0.128. The van der Waals surface area contributed by atoms with Gasteiger partial charge in [-0.05, 0) is 33.1 Å². The van der Waals surface area contributed by atoms with Crippen molar-refractivity contribution in [3.63, 3.8) is 0 Å². The normalized spacial score (nSPS) is 26.5. The van der Waals surface area contributed by atoms with Gasteiger partial charge in [0.05, 0.1) is 5.92 Å². The molecule has 0 spiro atoms. The van der Waals surface area contributed by atoms with Crippen LogP contribution in [0.25, 0.3) is 0 Å². The molecule has 16 heavy (non-hydrogen) atoms. The summed E-state index contributed by atoms with van der Waals surface area (Å²) in [6, 6.07) is 0.0613. The summed E-state index contributed by atoms with van der Waals surface area (Å²) in [5.74, 6) is 0.190. The SMILES string of the molecule is CCCC(C)(C)NC(=O)C1CCCCC1N. The van der Waals surface area contributed by atoms with Gasteiger partial charge in [0.1, 0.15) is 0 Å². The number of rotatable bonds is 4. The van der Waals surface area contributed by atoms with Gasteiger partial charge in [-0.3, -0.25) is 4.79 Å². The lowest BCUT2D eigenvalue weighted by atomic mass is 9.83. The molecule has 0 aromatic rings. The summed E-state index contributed by atoms with van der Waals surface area (Å²) in [5, 5.41) is 3.14. The first-order chi connectivity index (χ1) is 7.46. The Balaban J connectivity index is 2.50. The van der Waals surface area contributed by atoms with Crippen molar-refractivity contribution in [2.45, 2.75) is 70.9 Å². The molecule has 2 atom stereocenters. The van der Waals surface area contributed by atoms with E-state index in [0.717, 1.165) is 32.1 Å². The van der Waals surface area contributed by atoms with Gasteiger partial charge in [0.2, 0.25) is 5.91 Å². The summed E-state index contributed by atoms with van der Waals surface area (Å²) in [6.45, 7) is 6.31. The van der Waals surface area contributed by atoms with Crippen molar-refractivity contribution < 1.29 is 4.79 Å². The number of carbonyl (C=O) groups excluding carboxylic acids is 1. The van der Waals surface area contributed by atoms with E-state index in [1.54, 1.807) is 0 Å². The molecule has 3 N–H and O–H groups in total. The Morgan fingerprint density at radius 3 is 2.56 bits per heavy atom. The van der Waals surface area contributed by atoms with Gasteiger partial charge in [-0.15, -0.1) is 0 Å². The maximum absolute atomic E-state index is 12.1. The molecule has 0 heterocycles. The minimum atomic E-state index is -0.0942. The number of hydrogen-bond acceptors (Lipinski definition) is 2. The van der Waals surface area contributed by atoms with Crippen molar-refractivity contribution in [3.05, 3.63) is 0 Å². The summed E-state index contributed by atoms with van der Waals surface area (Å²) in [7, 11) is 0. The third-order valence-corrected chi connectivity index (χ3v) is 3.49. The third-order valence-electron chi connectivity index (χ3n) is 3.49. The number of nitrogens with one attached hydrogen (secondary N) is 1. The highest BCUT2D eigenvalue weighted by Crippen LogP contribution is 2.24. The van der Waals surface area contributed by atoms with E-state index in [2.05, 4.69) is 26.1 Å².